The summed E-state index contributed by atoms with van der Waals surface area (Å²) >= 11 is 5.23. The minimum Gasteiger partial charge on any atom is -0.358 e. The highest BCUT2D eigenvalue weighted by Gasteiger charge is 2.35. The standard InChI is InChI=1S/C15H16N4O2S/c20-19(21)13-5-2-10(3-6-13)9-16-18-15(22)17-14-8-11-1-4-12(14)7-11/h1-6,9,11-12,14H,7-8H2,(H2,17,18,22)/b16-9-/t11-,12+,14-/m0/s1. The van der Waals surface area contributed by atoms with Crippen molar-refractivity contribution in [3.05, 3.63) is 52.1 Å². The van der Waals surface area contributed by atoms with Gasteiger partial charge in [0.1, 0.15) is 0 Å². The van der Waals surface area contributed by atoms with Crippen molar-refractivity contribution in [2.24, 2.45) is 16.9 Å². The van der Waals surface area contributed by atoms with Crippen molar-refractivity contribution in [3.63, 3.8) is 0 Å². The van der Waals surface area contributed by atoms with E-state index in [1.54, 1.807) is 18.3 Å². The van der Waals surface area contributed by atoms with Gasteiger partial charge in [-0.15, -0.1) is 0 Å². The first-order valence-electron chi connectivity index (χ1n) is 7.14. The summed E-state index contributed by atoms with van der Waals surface area (Å²) in [6, 6.07) is 6.56. The topological polar surface area (TPSA) is 79.6 Å². The summed E-state index contributed by atoms with van der Waals surface area (Å²) in [5.74, 6) is 1.26. The molecule has 6 nitrogen and oxygen atoms in total. The number of fused-ring (bicyclic) bond motifs is 2. The molecule has 2 bridgehead atoms. The molecule has 0 unspecified atom stereocenters. The van der Waals surface area contributed by atoms with Gasteiger partial charge in [0, 0.05) is 18.2 Å². The molecular formula is C15H16N4O2S. The fraction of sp³-hybridized carbons (Fsp3) is 0.333. The number of hydrazone groups is 1. The first-order valence-corrected chi connectivity index (χ1v) is 7.55. The van der Waals surface area contributed by atoms with Crippen LogP contribution >= 0.6 is 12.2 Å². The van der Waals surface area contributed by atoms with Crippen molar-refractivity contribution in [1.29, 1.82) is 0 Å². The minimum absolute atomic E-state index is 0.0617. The highest BCUT2D eigenvalue weighted by Crippen LogP contribution is 2.38. The molecule has 3 rings (SSSR count). The van der Waals surface area contributed by atoms with Crippen LogP contribution in [0.25, 0.3) is 0 Å². The normalized spacial score (nSPS) is 25.5. The first kappa shape index (κ1) is 14.6. The molecule has 1 fully saturated rings. The maximum Gasteiger partial charge on any atom is 0.269 e. The van der Waals surface area contributed by atoms with Crippen LogP contribution in [-0.2, 0) is 0 Å². The highest BCUT2D eigenvalue weighted by molar-refractivity contribution is 7.80. The van der Waals surface area contributed by atoms with E-state index < -0.39 is 4.92 Å². The molecule has 1 saturated carbocycles. The van der Waals surface area contributed by atoms with Crippen LogP contribution in [0.3, 0.4) is 0 Å². The minimum atomic E-state index is -0.429. The molecule has 0 heterocycles. The van der Waals surface area contributed by atoms with Crippen LogP contribution in [-0.4, -0.2) is 22.3 Å². The van der Waals surface area contributed by atoms with Gasteiger partial charge < -0.3 is 5.32 Å². The molecule has 0 spiro atoms. The first-order chi connectivity index (χ1) is 10.6. The Labute approximate surface area is 133 Å². The molecule has 2 N–H and O–H groups in total. The van der Waals surface area contributed by atoms with E-state index in [9.17, 15) is 10.1 Å². The van der Waals surface area contributed by atoms with Crippen LogP contribution in [0.5, 0.6) is 0 Å². The SMILES string of the molecule is O=[N+]([O-])c1ccc(/C=N\NC(=S)N[C@H]2C[C@H]3C=C[C@@H]2C3)cc1. The summed E-state index contributed by atoms with van der Waals surface area (Å²) in [5.41, 5.74) is 3.62. The lowest BCUT2D eigenvalue weighted by molar-refractivity contribution is -0.384. The van der Waals surface area contributed by atoms with Crippen molar-refractivity contribution in [2.45, 2.75) is 18.9 Å². The van der Waals surface area contributed by atoms with Gasteiger partial charge in [0.05, 0.1) is 11.1 Å². The van der Waals surface area contributed by atoms with Gasteiger partial charge in [0.2, 0.25) is 0 Å². The maximum atomic E-state index is 10.6. The summed E-state index contributed by atoms with van der Waals surface area (Å²) in [6.07, 6.45) is 8.46. The summed E-state index contributed by atoms with van der Waals surface area (Å²) in [7, 11) is 0. The average Bonchev–Trinajstić information content (AvgIpc) is 3.10. The third-order valence-electron chi connectivity index (χ3n) is 4.08. The number of hydrogen-bond acceptors (Lipinski definition) is 4. The van der Waals surface area contributed by atoms with Gasteiger partial charge in [-0.25, -0.2) is 0 Å². The van der Waals surface area contributed by atoms with E-state index in [2.05, 4.69) is 28.0 Å². The van der Waals surface area contributed by atoms with Crippen molar-refractivity contribution >= 4 is 29.2 Å². The molecule has 114 valence electrons. The third-order valence-corrected chi connectivity index (χ3v) is 4.29. The fourth-order valence-corrected chi connectivity index (χ4v) is 3.20. The lowest BCUT2D eigenvalue weighted by Crippen LogP contribution is -2.42. The molecule has 1 aromatic rings. The number of thiocarbonyl (C=S) groups is 1. The van der Waals surface area contributed by atoms with E-state index in [4.69, 9.17) is 12.2 Å². The number of hydrogen-bond donors (Lipinski definition) is 2. The monoisotopic (exact) mass is 316 g/mol. The molecule has 7 heteroatoms. The Morgan fingerprint density at radius 3 is 2.68 bits per heavy atom. The van der Waals surface area contributed by atoms with Crippen molar-refractivity contribution in [2.75, 3.05) is 0 Å². The van der Waals surface area contributed by atoms with Gasteiger partial charge >= 0.3 is 0 Å². The van der Waals surface area contributed by atoms with E-state index in [1.165, 1.54) is 18.6 Å². The van der Waals surface area contributed by atoms with Crippen LogP contribution in [0.4, 0.5) is 5.69 Å². The maximum absolute atomic E-state index is 10.6. The Bertz CT molecular complexity index is 641. The summed E-state index contributed by atoms with van der Waals surface area (Å²) in [6.45, 7) is 0. The Morgan fingerprint density at radius 1 is 1.32 bits per heavy atom. The van der Waals surface area contributed by atoms with Crippen LogP contribution in [0.1, 0.15) is 18.4 Å². The predicted octanol–water partition coefficient (Wildman–Crippen LogP) is 2.36. The molecule has 22 heavy (non-hydrogen) atoms. The molecule has 0 aliphatic heterocycles. The van der Waals surface area contributed by atoms with Gasteiger partial charge in [0.15, 0.2) is 5.11 Å². The molecule has 1 aromatic carbocycles. The number of nitro groups is 1. The number of benzene rings is 1. The van der Waals surface area contributed by atoms with E-state index in [1.807, 2.05) is 0 Å². The van der Waals surface area contributed by atoms with Crippen LogP contribution in [0.2, 0.25) is 0 Å². The smallest absolute Gasteiger partial charge is 0.269 e. The number of allylic oxidation sites excluding steroid dienone is 1. The van der Waals surface area contributed by atoms with Crippen LogP contribution < -0.4 is 10.7 Å². The van der Waals surface area contributed by atoms with Gasteiger partial charge in [-0.05, 0) is 54.6 Å². The van der Waals surface area contributed by atoms with Crippen molar-refractivity contribution in [3.8, 4) is 0 Å². The Hall–Kier alpha value is -2.28. The number of nitro benzene ring substituents is 1. The summed E-state index contributed by atoms with van der Waals surface area (Å²) in [4.78, 5) is 10.1. The predicted molar refractivity (Wildman–Crippen MR) is 88.7 cm³/mol. The number of non-ortho nitro benzene ring substituents is 1. The number of nitrogens with zero attached hydrogens (tertiary/aromatic N) is 2. The highest BCUT2D eigenvalue weighted by atomic mass is 32.1. The largest absolute Gasteiger partial charge is 0.358 e. The lowest BCUT2D eigenvalue weighted by atomic mass is 10.0. The van der Waals surface area contributed by atoms with Gasteiger partial charge in [-0.2, -0.15) is 5.10 Å². The molecule has 0 saturated heterocycles. The lowest BCUT2D eigenvalue weighted by Gasteiger charge is -2.20. The second-order valence-electron chi connectivity index (χ2n) is 5.58. The Morgan fingerprint density at radius 2 is 2.09 bits per heavy atom. The van der Waals surface area contributed by atoms with E-state index in [0.717, 1.165) is 12.0 Å². The zero-order valence-electron chi connectivity index (χ0n) is 11.8. The third kappa shape index (κ3) is 3.30. The van der Waals surface area contributed by atoms with Crippen LogP contribution in [0.15, 0.2) is 41.5 Å². The van der Waals surface area contributed by atoms with Gasteiger partial charge in [-0.1, -0.05) is 12.2 Å². The molecule has 0 radical (unpaired) electrons. The number of nitrogens with one attached hydrogen (secondary N) is 2. The Kier molecular flexibility index (Phi) is 4.15. The molecule has 3 atom stereocenters. The average molecular weight is 316 g/mol. The molecule has 2 aliphatic carbocycles. The summed E-state index contributed by atoms with van der Waals surface area (Å²) < 4.78 is 0. The van der Waals surface area contributed by atoms with Crippen LogP contribution in [0, 0.1) is 22.0 Å². The van der Waals surface area contributed by atoms with E-state index >= 15 is 0 Å². The van der Waals surface area contributed by atoms with Gasteiger partial charge in [0.25, 0.3) is 5.69 Å². The van der Waals surface area contributed by atoms with E-state index in [0.29, 0.717) is 23.0 Å². The van der Waals surface area contributed by atoms with Crippen molar-refractivity contribution in [1.82, 2.24) is 10.7 Å². The molecule has 2 aliphatic rings. The van der Waals surface area contributed by atoms with Gasteiger partial charge in [-0.3, -0.25) is 15.5 Å². The zero-order chi connectivity index (χ0) is 15.5. The molecule has 0 amide bonds. The number of rotatable bonds is 4. The zero-order valence-corrected chi connectivity index (χ0v) is 12.6. The second-order valence-corrected chi connectivity index (χ2v) is 5.99. The second kappa shape index (κ2) is 6.23. The van der Waals surface area contributed by atoms with E-state index in [-0.39, 0.29) is 5.69 Å². The Balaban J connectivity index is 1.48. The molecular weight excluding hydrogens is 300 g/mol. The fourth-order valence-electron chi connectivity index (χ4n) is 2.99. The quantitative estimate of drug-likeness (QED) is 0.293. The molecule has 0 aromatic heterocycles. The van der Waals surface area contributed by atoms with Crippen molar-refractivity contribution < 1.29 is 4.92 Å². The summed E-state index contributed by atoms with van der Waals surface area (Å²) in [5, 5.41) is 18.4.